The van der Waals surface area contributed by atoms with E-state index in [1.165, 1.54) is 7.11 Å². The second-order valence-corrected chi connectivity index (χ2v) is 8.37. The molecular weight excluding hydrogens is 446 g/mol. The Morgan fingerprint density at radius 1 is 1.03 bits per heavy atom. The molecule has 2 N–H and O–H groups in total. The van der Waals surface area contributed by atoms with Gasteiger partial charge in [0.05, 0.1) is 18.4 Å². The van der Waals surface area contributed by atoms with Crippen LogP contribution in [0.15, 0.2) is 42.5 Å². The van der Waals surface area contributed by atoms with Gasteiger partial charge in [0.25, 0.3) is 0 Å². The molecule has 186 valence electrons. The molecule has 1 amide bonds. The van der Waals surface area contributed by atoms with E-state index in [4.69, 9.17) is 23.7 Å². The van der Waals surface area contributed by atoms with Gasteiger partial charge in [-0.2, -0.15) is 0 Å². The first-order chi connectivity index (χ1) is 16.3. The largest absolute Gasteiger partial charge is 0.455 e. The number of methoxy groups -OCH3 is 1. The number of carbonyl (C=O) groups is 3. The lowest BCUT2D eigenvalue weighted by Crippen LogP contribution is -2.63. The average Bonchev–Trinajstić information content (AvgIpc) is 2.83. The summed E-state index contributed by atoms with van der Waals surface area (Å²) in [5.41, 5.74) is 0.485. The molecule has 10 nitrogen and oxygen atoms in total. The lowest BCUT2D eigenvalue weighted by Gasteiger charge is -2.44. The van der Waals surface area contributed by atoms with Crippen molar-refractivity contribution in [1.29, 1.82) is 0 Å². The number of fused-ring (bicyclic) bond motifs is 1. The standard InChI is InChI=1S/C24H31NO9/c1-14-9-7-8-10-15(2)22(28)33-19-18(32-21(14)27)17(13-26)31-23(30-3)20(19)34-24(29)25-16-11-5-4-6-12-16/h4-8,11-12,14-15,17-20,23,26H,9-10,13H2,1-3H3,(H,25,29)/t14-,15-,17+,18+,19-,20+,23-/m0/s1. The molecule has 0 spiro atoms. The van der Waals surface area contributed by atoms with Crippen LogP contribution in [0.25, 0.3) is 0 Å². The quantitative estimate of drug-likeness (QED) is 0.381. The maximum atomic E-state index is 12.8. The molecule has 2 aliphatic heterocycles. The molecule has 0 saturated carbocycles. The molecule has 0 bridgehead atoms. The van der Waals surface area contributed by atoms with E-state index in [1.807, 2.05) is 12.2 Å². The first-order valence-electron chi connectivity index (χ1n) is 11.2. The number of carbonyl (C=O) groups excluding carboxylic acids is 3. The molecule has 3 rings (SSSR count). The second-order valence-electron chi connectivity index (χ2n) is 8.37. The molecule has 34 heavy (non-hydrogen) atoms. The van der Waals surface area contributed by atoms with Gasteiger partial charge in [0.2, 0.25) is 0 Å². The summed E-state index contributed by atoms with van der Waals surface area (Å²) >= 11 is 0. The first kappa shape index (κ1) is 25.7. The van der Waals surface area contributed by atoms with Crippen LogP contribution in [0.2, 0.25) is 0 Å². The number of allylic oxidation sites excluding steroid dienone is 2. The number of amides is 1. The van der Waals surface area contributed by atoms with Crippen LogP contribution in [0, 0.1) is 11.8 Å². The summed E-state index contributed by atoms with van der Waals surface area (Å²) in [7, 11) is 1.32. The average molecular weight is 478 g/mol. The highest BCUT2D eigenvalue weighted by Gasteiger charge is 2.53. The fraction of sp³-hybridized carbons (Fsp3) is 0.542. The normalized spacial score (nSPS) is 32.3. The SMILES string of the molecule is CO[C@H]1O[C@H](CO)[C@H]2OC(=O)[C@@H](C)CC=CC[C@H](C)C(=O)O[C@@H]2[C@H]1OC(=O)Nc1ccccc1. The van der Waals surface area contributed by atoms with Crippen molar-refractivity contribution in [2.45, 2.75) is 57.4 Å². The van der Waals surface area contributed by atoms with Crippen LogP contribution in [-0.4, -0.2) is 67.6 Å². The minimum atomic E-state index is -1.28. The number of benzene rings is 1. The van der Waals surface area contributed by atoms with Crippen LogP contribution in [0.5, 0.6) is 0 Å². The molecule has 0 radical (unpaired) electrons. The van der Waals surface area contributed by atoms with E-state index in [1.54, 1.807) is 44.2 Å². The zero-order chi connectivity index (χ0) is 24.7. The third-order valence-corrected chi connectivity index (χ3v) is 5.72. The minimum absolute atomic E-state index is 0.408. The smallest absolute Gasteiger partial charge is 0.412 e. The number of anilines is 1. The van der Waals surface area contributed by atoms with Gasteiger partial charge in [0.1, 0.15) is 6.10 Å². The Labute approximate surface area is 198 Å². The van der Waals surface area contributed by atoms with E-state index in [0.29, 0.717) is 18.5 Å². The fourth-order valence-electron chi connectivity index (χ4n) is 3.70. The van der Waals surface area contributed by atoms with Crippen molar-refractivity contribution in [2.24, 2.45) is 11.8 Å². The van der Waals surface area contributed by atoms with E-state index in [0.717, 1.165) is 0 Å². The Bertz CT molecular complexity index is 874. The van der Waals surface area contributed by atoms with E-state index in [-0.39, 0.29) is 0 Å². The zero-order valence-corrected chi connectivity index (χ0v) is 19.4. The molecule has 0 aliphatic carbocycles. The summed E-state index contributed by atoms with van der Waals surface area (Å²) in [5, 5.41) is 12.5. The number of ether oxygens (including phenoxy) is 5. The van der Waals surface area contributed by atoms with E-state index in [2.05, 4.69) is 5.32 Å². The van der Waals surface area contributed by atoms with Crippen molar-refractivity contribution < 1.29 is 43.2 Å². The Morgan fingerprint density at radius 3 is 2.18 bits per heavy atom. The zero-order valence-electron chi connectivity index (χ0n) is 19.4. The van der Waals surface area contributed by atoms with Crippen LogP contribution in [0.1, 0.15) is 26.7 Å². The third-order valence-electron chi connectivity index (χ3n) is 5.72. The van der Waals surface area contributed by atoms with Crippen molar-refractivity contribution in [3.05, 3.63) is 42.5 Å². The Kier molecular flexibility index (Phi) is 9.03. The number of hydrogen-bond donors (Lipinski definition) is 2. The highest BCUT2D eigenvalue weighted by Crippen LogP contribution is 2.31. The summed E-state index contributed by atoms with van der Waals surface area (Å²) in [6, 6.07) is 8.62. The number of rotatable bonds is 4. The molecule has 1 aromatic carbocycles. The van der Waals surface area contributed by atoms with E-state index >= 15 is 0 Å². The maximum Gasteiger partial charge on any atom is 0.412 e. The number of aliphatic hydroxyl groups excluding tert-OH is 1. The molecule has 0 unspecified atom stereocenters. The van der Waals surface area contributed by atoms with Gasteiger partial charge in [-0.3, -0.25) is 14.9 Å². The molecule has 10 heteroatoms. The van der Waals surface area contributed by atoms with E-state index in [9.17, 15) is 19.5 Å². The maximum absolute atomic E-state index is 12.8. The van der Waals surface area contributed by atoms with Crippen molar-refractivity contribution in [2.75, 3.05) is 19.0 Å². The van der Waals surface area contributed by atoms with Gasteiger partial charge < -0.3 is 28.8 Å². The molecule has 2 heterocycles. The van der Waals surface area contributed by atoms with Crippen molar-refractivity contribution in [1.82, 2.24) is 0 Å². The summed E-state index contributed by atoms with van der Waals surface area (Å²) in [4.78, 5) is 38.2. The van der Waals surface area contributed by atoms with Crippen LogP contribution in [0.3, 0.4) is 0 Å². The molecule has 1 aromatic rings. The molecular formula is C24H31NO9. The van der Waals surface area contributed by atoms with Crippen LogP contribution >= 0.6 is 0 Å². The second kappa shape index (κ2) is 12.0. The summed E-state index contributed by atoms with van der Waals surface area (Å²) in [5.74, 6) is -2.12. The van der Waals surface area contributed by atoms with Gasteiger partial charge in [-0.25, -0.2) is 4.79 Å². The van der Waals surface area contributed by atoms with Gasteiger partial charge in [0.15, 0.2) is 24.6 Å². The summed E-state index contributed by atoms with van der Waals surface area (Å²) < 4.78 is 28.0. The summed E-state index contributed by atoms with van der Waals surface area (Å²) in [6.07, 6.45) is -2.41. The topological polar surface area (TPSA) is 130 Å². The van der Waals surface area contributed by atoms with Crippen LogP contribution in [0.4, 0.5) is 10.5 Å². The lowest BCUT2D eigenvalue weighted by atomic mass is 9.97. The number of para-hydroxylation sites is 1. The predicted octanol–water partition coefficient (Wildman–Crippen LogP) is 2.41. The Hall–Kier alpha value is -2.95. The Balaban J connectivity index is 1.92. The van der Waals surface area contributed by atoms with Crippen molar-refractivity contribution in [3.8, 4) is 0 Å². The van der Waals surface area contributed by atoms with Crippen LogP contribution in [-0.2, 0) is 33.3 Å². The number of esters is 2. The van der Waals surface area contributed by atoms with Crippen molar-refractivity contribution >= 4 is 23.7 Å². The van der Waals surface area contributed by atoms with Gasteiger partial charge in [-0.1, -0.05) is 44.2 Å². The summed E-state index contributed by atoms with van der Waals surface area (Å²) in [6.45, 7) is 2.87. The van der Waals surface area contributed by atoms with Gasteiger partial charge in [-0.15, -0.1) is 0 Å². The number of hydrogen-bond acceptors (Lipinski definition) is 9. The molecule has 1 fully saturated rings. The molecule has 2 aliphatic rings. The molecule has 0 aromatic heterocycles. The van der Waals surface area contributed by atoms with E-state index < -0.39 is 67.2 Å². The van der Waals surface area contributed by atoms with Crippen LogP contribution < -0.4 is 5.32 Å². The van der Waals surface area contributed by atoms with Crippen molar-refractivity contribution in [3.63, 3.8) is 0 Å². The number of nitrogens with one attached hydrogen (secondary N) is 1. The predicted molar refractivity (Wildman–Crippen MR) is 120 cm³/mol. The van der Waals surface area contributed by atoms with Gasteiger partial charge in [-0.05, 0) is 25.0 Å². The first-order valence-corrected chi connectivity index (χ1v) is 11.2. The molecule has 7 atom stereocenters. The monoisotopic (exact) mass is 477 g/mol. The Morgan fingerprint density at radius 2 is 1.62 bits per heavy atom. The highest BCUT2D eigenvalue weighted by atomic mass is 16.7. The highest BCUT2D eigenvalue weighted by molar-refractivity contribution is 5.84. The number of aliphatic hydroxyl groups is 1. The molecule has 1 saturated heterocycles. The minimum Gasteiger partial charge on any atom is -0.455 e. The third kappa shape index (κ3) is 6.34. The lowest BCUT2D eigenvalue weighted by molar-refractivity contribution is -0.299. The fourth-order valence-corrected chi connectivity index (χ4v) is 3.70. The van der Waals surface area contributed by atoms with Gasteiger partial charge in [0, 0.05) is 12.8 Å². The van der Waals surface area contributed by atoms with Gasteiger partial charge >= 0.3 is 18.0 Å².